The van der Waals surface area contributed by atoms with Crippen molar-refractivity contribution in [3.63, 3.8) is 0 Å². The summed E-state index contributed by atoms with van der Waals surface area (Å²) in [6.45, 7) is 7.79. The average molecular weight is 242 g/mol. The highest BCUT2D eigenvalue weighted by Crippen LogP contribution is 2.16. The second-order valence-electron chi connectivity index (χ2n) is 4.59. The first-order valence-electron chi connectivity index (χ1n) is 5.22. The van der Waals surface area contributed by atoms with Crippen LogP contribution in [0.25, 0.3) is 0 Å². The van der Waals surface area contributed by atoms with Crippen molar-refractivity contribution in [3.8, 4) is 0 Å². The number of hydrogen-bond donors (Lipinski definition) is 1. The molecule has 0 aliphatic carbocycles. The number of ether oxygens (including phenoxy) is 1. The SMILES string of the molecule is CC(NCC(=O)OC(C)(C)C)c1cncs1. The molecular formula is C11H18N2O2S. The van der Waals surface area contributed by atoms with Crippen LogP contribution in [0.3, 0.4) is 0 Å². The molecule has 0 spiro atoms. The molecule has 0 radical (unpaired) electrons. The van der Waals surface area contributed by atoms with Crippen LogP contribution >= 0.6 is 11.3 Å². The molecule has 4 nitrogen and oxygen atoms in total. The Bertz CT molecular complexity index is 330. The van der Waals surface area contributed by atoms with Gasteiger partial charge in [-0.15, -0.1) is 11.3 Å². The summed E-state index contributed by atoms with van der Waals surface area (Å²) in [5.74, 6) is -0.233. The minimum Gasteiger partial charge on any atom is -0.459 e. The van der Waals surface area contributed by atoms with Gasteiger partial charge < -0.3 is 4.74 Å². The summed E-state index contributed by atoms with van der Waals surface area (Å²) in [6.07, 6.45) is 1.80. The molecule has 0 bridgehead atoms. The van der Waals surface area contributed by atoms with Gasteiger partial charge in [0.2, 0.25) is 0 Å². The summed E-state index contributed by atoms with van der Waals surface area (Å²) < 4.78 is 5.19. The van der Waals surface area contributed by atoms with Gasteiger partial charge in [0, 0.05) is 17.1 Å². The van der Waals surface area contributed by atoms with Crippen LogP contribution in [0.1, 0.15) is 38.6 Å². The van der Waals surface area contributed by atoms with Gasteiger partial charge in [0.15, 0.2) is 0 Å². The summed E-state index contributed by atoms with van der Waals surface area (Å²) in [7, 11) is 0. The van der Waals surface area contributed by atoms with Crippen molar-refractivity contribution < 1.29 is 9.53 Å². The van der Waals surface area contributed by atoms with Crippen LogP contribution in [0.2, 0.25) is 0 Å². The number of aromatic nitrogens is 1. The number of hydrogen-bond acceptors (Lipinski definition) is 5. The van der Waals surface area contributed by atoms with Gasteiger partial charge in [-0.25, -0.2) is 0 Å². The number of thiazole rings is 1. The van der Waals surface area contributed by atoms with Crippen molar-refractivity contribution in [1.29, 1.82) is 0 Å². The topological polar surface area (TPSA) is 51.2 Å². The van der Waals surface area contributed by atoms with Crippen molar-refractivity contribution in [1.82, 2.24) is 10.3 Å². The molecule has 0 amide bonds. The molecule has 0 saturated carbocycles. The highest BCUT2D eigenvalue weighted by molar-refractivity contribution is 7.09. The van der Waals surface area contributed by atoms with Crippen molar-refractivity contribution in [2.45, 2.75) is 39.3 Å². The Morgan fingerprint density at radius 2 is 2.31 bits per heavy atom. The third-order valence-corrected chi connectivity index (χ3v) is 2.81. The Hall–Kier alpha value is -0.940. The Labute approximate surface area is 100 Å². The molecule has 16 heavy (non-hydrogen) atoms. The van der Waals surface area contributed by atoms with E-state index in [0.29, 0.717) is 0 Å². The maximum atomic E-state index is 11.4. The van der Waals surface area contributed by atoms with Crippen LogP contribution in [-0.2, 0) is 9.53 Å². The molecule has 1 heterocycles. The first-order chi connectivity index (χ1) is 7.38. The summed E-state index contributed by atoms with van der Waals surface area (Å²) in [5.41, 5.74) is 1.35. The predicted molar refractivity (Wildman–Crippen MR) is 64.4 cm³/mol. The van der Waals surface area contributed by atoms with Crippen LogP contribution in [0.4, 0.5) is 0 Å². The molecule has 5 heteroatoms. The molecule has 1 N–H and O–H groups in total. The van der Waals surface area contributed by atoms with Gasteiger partial charge in [0.25, 0.3) is 0 Å². The normalized spacial score (nSPS) is 13.5. The molecule has 0 aliphatic heterocycles. The zero-order valence-electron chi connectivity index (χ0n) is 10.1. The second kappa shape index (κ2) is 5.41. The van der Waals surface area contributed by atoms with Crippen LogP contribution in [0, 0.1) is 0 Å². The molecule has 0 fully saturated rings. The molecule has 1 unspecified atom stereocenters. The van der Waals surface area contributed by atoms with Gasteiger partial charge in [-0.3, -0.25) is 15.1 Å². The van der Waals surface area contributed by atoms with Crippen molar-refractivity contribution in [2.24, 2.45) is 0 Å². The molecule has 90 valence electrons. The zero-order chi connectivity index (χ0) is 12.2. The Morgan fingerprint density at radius 1 is 1.62 bits per heavy atom. The Balaban J connectivity index is 2.32. The number of esters is 1. The number of carbonyl (C=O) groups is 1. The van der Waals surface area contributed by atoms with Crippen molar-refractivity contribution in [2.75, 3.05) is 6.54 Å². The van der Waals surface area contributed by atoms with Gasteiger partial charge in [0.05, 0.1) is 12.1 Å². The Kier molecular flexibility index (Phi) is 4.44. The lowest BCUT2D eigenvalue weighted by molar-refractivity contribution is -0.153. The molecule has 1 atom stereocenters. The number of carbonyl (C=O) groups excluding carboxylic acids is 1. The fourth-order valence-electron chi connectivity index (χ4n) is 1.15. The van der Waals surface area contributed by atoms with Crippen LogP contribution in [-0.4, -0.2) is 23.1 Å². The van der Waals surface area contributed by atoms with E-state index in [1.807, 2.05) is 27.7 Å². The number of nitrogens with one attached hydrogen (secondary N) is 1. The van der Waals surface area contributed by atoms with Gasteiger partial charge >= 0.3 is 5.97 Å². The standard InChI is InChI=1S/C11H18N2O2S/c1-8(9-5-12-7-16-9)13-6-10(14)15-11(2,3)4/h5,7-8,13H,6H2,1-4H3. The maximum Gasteiger partial charge on any atom is 0.320 e. The third-order valence-electron chi connectivity index (χ3n) is 1.85. The third kappa shape index (κ3) is 4.72. The fraction of sp³-hybridized carbons (Fsp3) is 0.636. The van der Waals surface area contributed by atoms with E-state index >= 15 is 0 Å². The van der Waals surface area contributed by atoms with Crippen LogP contribution in [0.5, 0.6) is 0 Å². The highest BCUT2D eigenvalue weighted by Gasteiger charge is 2.17. The van der Waals surface area contributed by atoms with E-state index < -0.39 is 5.60 Å². The van der Waals surface area contributed by atoms with E-state index in [1.165, 1.54) is 0 Å². The summed E-state index contributed by atoms with van der Waals surface area (Å²) in [4.78, 5) is 16.5. The summed E-state index contributed by atoms with van der Waals surface area (Å²) in [6, 6.07) is 0.125. The molecule has 1 aromatic heterocycles. The molecule has 0 aliphatic rings. The lowest BCUT2D eigenvalue weighted by Gasteiger charge is -2.20. The van der Waals surface area contributed by atoms with Gasteiger partial charge in [0.1, 0.15) is 5.60 Å². The highest BCUT2D eigenvalue weighted by atomic mass is 32.1. The minimum atomic E-state index is -0.424. The lowest BCUT2D eigenvalue weighted by atomic mass is 10.2. The van der Waals surface area contributed by atoms with E-state index in [0.717, 1.165) is 4.88 Å². The van der Waals surface area contributed by atoms with Crippen molar-refractivity contribution >= 4 is 17.3 Å². The zero-order valence-corrected chi connectivity index (χ0v) is 10.9. The van der Waals surface area contributed by atoms with Gasteiger partial charge in [-0.2, -0.15) is 0 Å². The first kappa shape index (κ1) is 13.1. The molecular weight excluding hydrogens is 224 g/mol. The van der Waals surface area contributed by atoms with Crippen molar-refractivity contribution in [3.05, 3.63) is 16.6 Å². The summed E-state index contributed by atoms with van der Waals surface area (Å²) in [5, 5.41) is 3.10. The molecule has 0 aromatic carbocycles. The average Bonchev–Trinajstić information content (AvgIpc) is 2.64. The minimum absolute atomic E-state index is 0.125. The predicted octanol–water partition coefficient (Wildman–Crippen LogP) is 2.14. The quantitative estimate of drug-likeness (QED) is 0.822. The van der Waals surface area contributed by atoms with E-state index in [1.54, 1.807) is 23.0 Å². The maximum absolute atomic E-state index is 11.4. The van der Waals surface area contributed by atoms with Gasteiger partial charge in [-0.1, -0.05) is 0 Å². The smallest absolute Gasteiger partial charge is 0.320 e. The van der Waals surface area contributed by atoms with Crippen LogP contribution < -0.4 is 5.32 Å². The Morgan fingerprint density at radius 3 is 2.81 bits per heavy atom. The number of nitrogens with zero attached hydrogens (tertiary/aromatic N) is 1. The molecule has 1 aromatic rings. The fourth-order valence-corrected chi connectivity index (χ4v) is 1.81. The van der Waals surface area contributed by atoms with E-state index in [-0.39, 0.29) is 18.6 Å². The largest absolute Gasteiger partial charge is 0.459 e. The second-order valence-corrected chi connectivity index (χ2v) is 5.51. The lowest BCUT2D eigenvalue weighted by Crippen LogP contribution is -2.32. The molecule has 0 saturated heterocycles. The monoisotopic (exact) mass is 242 g/mol. The van der Waals surface area contributed by atoms with E-state index in [4.69, 9.17) is 4.74 Å². The molecule has 1 rings (SSSR count). The number of rotatable bonds is 4. The first-order valence-corrected chi connectivity index (χ1v) is 6.10. The van der Waals surface area contributed by atoms with Crippen LogP contribution in [0.15, 0.2) is 11.7 Å². The van der Waals surface area contributed by atoms with E-state index in [2.05, 4.69) is 10.3 Å². The van der Waals surface area contributed by atoms with E-state index in [9.17, 15) is 4.79 Å². The summed E-state index contributed by atoms with van der Waals surface area (Å²) >= 11 is 1.57. The van der Waals surface area contributed by atoms with Gasteiger partial charge in [-0.05, 0) is 27.7 Å².